The van der Waals surface area contributed by atoms with Crippen LogP contribution in [0.25, 0.3) is 0 Å². The first kappa shape index (κ1) is 13.3. The fourth-order valence-corrected chi connectivity index (χ4v) is 3.17. The summed E-state index contributed by atoms with van der Waals surface area (Å²) in [5.74, 6) is 0.0206. The zero-order chi connectivity index (χ0) is 14.1. The zero-order valence-electron chi connectivity index (χ0n) is 11.4. The average molecular weight is 292 g/mol. The van der Waals surface area contributed by atoms with E-state index in [0.29, 0.717) is 24.6 Å². The van der Waals surface area contributed by atoms with Crippen molar-refractivity contribution in [2.45, 2.75) is 19.9 Å². The molecule has 2 aromatic rings. The number of rotatable bonds is 2. The third kappa shape index (κ3) is 2.23. The predicted molar refractivity (Wildman–Crippen MR) is 74.8 cm³/mol. The predicted octanol–water partition coefficient (Wildman–Crippen LogP) is 1.70. The van der Waals surface area contributed by atoms with Crippen molar-refractivity contribution < 1.29 is 9.53 Å². The third-order valence-corrected chi connectivity index (χ3v) is 4.45. The lowest BCUT2D eigenvalue weighted by atomic mass is 10.1. The quantitative estimate of drug-likeness (QED) is 0.914. The number of ether oxygens (including phenoxy) is 1. The van der Waals surface area contributed by atoms with Crippen LogP contribution in [0, 0.1) is 13.8 Å². The maximum absolute atomic E-state index is 12.7. The summed E-state index contributed by atoms with van der Waals surface area (Å²) in [6.45, 7) is 5.48. The van der Waals surface area contributed by atoms with Crippen molar-refractivity contribution in [2.24, 2.45) is 0 Å². The Hall–Kier alpha value is -1.73. The lowest BCUT2D eigenvalue weighted by molar-refractivity contribution is -0.00386. The molecule has 3 heterocycles. The van der Waals surface area contributed by atoms with E-state index in [0.717, 1.165) is 17.0 Å². The second kappa shape index (κ2) is 5.34. The molecule has 2 aromatic heterocycles. The minimum Gasteiger partial charge on any atom is -0.377 e. The second-order valence-electron chi connectivity index (χ2n) is 4.82. The van der Waals surface area contributed by atoms with Gasteiger partial charge in [-0.3, -0.25) is 9.89 Å². The van der Waals surface area contributed by atoms with Gasteiger partial charge in [0.25, 0.3) is 5.91 Å². The number of aryl methyl sites for hydroxylation is 2. The molecule has 106 valence electrons. The summed E-state index contributed by atoms with van der Waals surface area (Å²) >= 11 is 1.39. The molecule has 0 radical (unpaired) electrons. The number of nitrogens with one attached hydrogen (secondary N) is 1. The van der Waals surface area contributed by atoms with Gasteiger partial charge in [0.1, 0.15) is 4.88 Å². The largest absolute Gasteiger partial charge is 0.377 e. The molecule has 1 amide bonds. The van der Waals surface area contributed by atoms with Crippen LogP contribution in [-0.2, 0) is 4.74 Å². The van der Waals surface area contributed by atoms with Crippen LogP contribution in [0.2, 0.25) is 0 Å². The summed E-state index contributed by atoms with van der Waals surface area (Å²) in [4.78, 5) is 19.4. The van der Waals surface area contributed by atoms with E-state index in [-0.39, 0.29) is 11.9 Å². The molecule has 0 aliphatic carbocycles. The van der Waals surface area contributed by atoms with Crippen molar-refractivity contribution in [1.29, 1.82) is 0 Å². The molecule has 1 N–H and O–H groups in total. The van der Waals surface area contributed by atoms with Gasteiger partial charge in [0.05, 0.1) is 42.4 Å². The first-order valence-electron chi connectivity index (χ1n) is 6.47. The summed E-state index contributed by atoms with van der Waals surface area (Å²) in [6, 6.07) is -0.111. The number of carbonyl (C=O) groups is 1. The Labute approximate surface area is 120 Å². The fourth-order valence-electron chi connectivity index (χ4n) is 2.42. The smallest absolute Gasteiger partial charge is 0.266 e. The third-order valence-electron chi connectivity index (χ3n) is 3.53. The molecule has 7 heteroatoms. The van der Waals surface area contributed by atoms with Gasteiger partial charge in [0.2, 0.25) is 0 Å². The van der Waals surface area contributed by atoms with Crippen molar-refractivity contribution in [3.8, 4) is 0 Å². The number of H-pyrrole nitrogens is 1. The van der Waals surface area contributed by atoms with Gasteiger partial charge in [-0.2, -0.15) is 5.10 Å². The first-order valence-corrected chi connectivity index (χ1v) is 7.35. The highest BCUT2D eigenvalue weighted by molar-refractivity contribution is 7.11. The normalized spacial score (nSPS) is 19.3. The Morgan fingerprint density at radius 2 is 2.40 bits per heavy atom. The molecule has 1 atom stereocenters. The topological polar surface area (TPSA) is 71.1 Å². The summed E-state index contributed by atoms with van der Waals surface area (Å²) in [5, 5.41) is 7.03. The molecule has 1 aliphatic heterocycles. The number of morpholine rings is 1. The van der Waals surface area contributed by atoms with Crippen molar-refractivity contribution in [3.63, 3.8) is 0 Å². The van der Waals surface area contributed by atoms with Gasteiger partial charge < -0.3 is 9.64 Å². The van der Waals surface area contributed by atoms with Crippen LogP contribution in [-0.4, -0.2) is 45.7 Å². The highest BCUT2D eigenvalue weighted by Gasteiger charge is 2.32. The molecule has 1 aliphatic rings. The van der Waals surface area contributed by atoms with Crippen LogP contribution in [0.1, 0.15) is 32.7 Å². The van der Waals surface area contributed by atoms with E-state index in [1.165, 1.54) is 11.3 Å². The summed E-state index contributed by atoms with van der Waals surface area (Å²) < 4.78 is 5.54. The van der Waals surface area contributed by atoms with Gasteiger partial charge >= 0.3 is 0 Å². The Kier molecular flexibility index (Phi) is 3.54. The van der Waals surface area contributed by atoms with Gasteiger partial charge in [-0.15, -0.1) is 11.3 Å². The van der Waals surface area contributed by atoms with Crippen molar-refractivity contribution in [3.05, 3.63) is 33.5 Å². The number of aromatic nitrogens is 3. The second-order valence-corrected chi connectivity index (χ2v) is 5.68. The molecule has 1 fully saturated rings. The lowest BCUT2D eigenvalue weighted by Gasteiger charge is -2.35. The average Bonchev–Trinajstić information content (AvgIpc) is 3.06. The number of thiazole rings is 1. The minimum absolute atomic E-state index is 0.0206. The molecule has 0 aromatic carbocycles. The number of aromatic amines is 1. The minimum atomic E-state index is -0.111. The van der Waals surface area contributed by atoms with Crippen LogP contribution in [0.3, 0.4) is 0 Å². The highest BCUT2D eigenvalue weighted by Crippen LogP contribution is 2.28. The van der Waals surface area contributed by atoms with E-state index in [1.54, 1.807) is 11.7 Å². The van der Waals surface area contributed by atoms with E-state index in [4.69, 9.17) is 4.74 Å². The molecule has 6 nitrogen and oxygen atoms in total. The molecule has 1 saturated heterocycles. The number of carbonyl (C=O) groups excluding carboxylic acids is 1. The van der Waals surface area contributed by atoms with E-state index < -0.39 is 0 Å². The molecule has 0 bridgehead atoms. The Morgan fingerprint density at radius 1 is 1.55 bits per heavy atom. The van der Waals surface area contributed by atoms with Gasteiger partial charge in [-0.25, -0.2) is 4.98 Å². The SMILES string of the molecule is Cc1cn[nH]c1C1COCCN1C(=O)c1scnc1C. The number of hydrogen-bond acceptors (Lipinski definition) is 5. The van der Waals surface area contributed by atoms with Gasteiger partial charge in [-0.1, -0.05) is 0 Å². The van der Waals surface area contributed by atoms with Crippen LogP contribution >= 0.6 is 11.3 Å². The van der Waals surface area contributed by atoms with E-state index in [9.17, 15) is 4.79 Å². The van der Waals surface area contributed by atoms with Gasteiger partial charge in [0.15, 0.2) is 0 Å². The molecule has 1 unspecified atom stereocenters. The van der Waals surface area contributed by atoms with Crippen molar-refractivity contribution >= 4 is 17.2 Å². The maximum Gasteiger partial charge on any atom is 0.266 e. The summed E-state index contributed by atoms with van der Waals surface area (Å²) in [6.07, 6.45) is 1.77. The van der Waals surface area contributed by atoms with Crippen LogP contribution < -0.4 is 0 Å². The summed E-state index contributed by atoms with van der Waals surface area (Å²) in [5.41, 5.74) is 4.48. The molecule has 0 spiro atoms. The van der Waals surface area contributed by atoms with Gasteiger partial charge in [-0.05, 0) is 19.4 Å². The molecule has 0 saturated carbocycles. The van der Waals surface area contributed by atoms with Crippen LogP contribution in [0.15, 0.2) is 11.7 Å². The highest BCUT2D eigenvalue weighted by atomic mass is 32.1. The Balaban J connectivity index is 1.92. The van der Waals surface area contributed by atoms with E-state index >= 15 is 0 Å². The van der Waals surface area contributed by atoms with Crippen molar-refractivity contribution in [2.75, 3.05) is 19.8 Å². The number of nitrogens with zero attached hydrogens (tertiary/aromatic N) is 3. The number of hydrogen-bond donors (Lipinski definition) is 1. The Bertz CT molecular complexity index is 621. The zero-order valence-corrected chi connectivity index (χ0v) is 12.2. The maximum atomic E-state index is 12.7. The molecular formula is C13H16N4O2S. The van der Waals surface area contributed by atoms with Crippen LogP contribution in [0.4, 0.5) is 0 Å². The van der Waals surface area contributed by atoms with E-state index in [2.05, 4.69) is 15.2 Å². The lowest BCUT2D eigenvalue weighted by Crippen LogP contribution is -2.43. The first-order chi connectivity index (χ1) is 9.68. The standard InChI is InChI=1S/C13H16N4O2S/c1-8-5-15-16-11(8)10-6-19-4-3-17(10)13(18)12-9(2)14-7-20-12/h5,7,10H,3-4,6H2,1-2H3,(H,15,16). The number of amides is 1. The molecule has 20 heavy (non-hydrogen) atoms. The molecule has 3 rings (SSSR count). The summed E-state index contributed by atoms with van der Waals surface area (Å²) in [7, 11) is 0. The van der Waals surface area contributed by atoms with Crippen LogP contribution in [0.5, 0.6) is 0 Å². The monoisotopic (exact) mass is 292 g/mol. The van der Waals surface area contributed by atoms with Gasteiger partial charge in [0, 0.05) is 6.54 Å². The Morgan fingerprint density at radius 3 is 3.05 bits per heavy atom. The fraction of sp³-hybridized carbons (Fsp3) is 0.462. The van der Waals surface area contributed by atoms with Crippen molar-refractivity contribution in [1.82, 2.24) is 20.1 Å². The molecular weight excluding hydrogens is 276 g/mol. The van der Waals surface area contributed by atoms with E-state index in [1.807, 2.05) is 18.7 Å².